The molecule has 0 fully saturated rings. The van der Waals surface area contributed by atoms with E-state index >= 15 is 0 Å². The first-order valence-electron chi connectivity index (χ1n) is 4.67. The van der Waals surface area contributed by atoms with Crippen LogP contribution in [0.5, 0.6) is 0 Å². The minimum atomic E-state index is -0.385. The highest BCUT2D eigenvalue weighted by atomic mass is 16.5. The van der Waals surface area contributed by atoms with E-state index in [1.54, 1.807) is 6.07 Å². The normalized spacial score (nSPS) is 9.14. The molecule has 0 saturated heterocycles. The summed E-state index contributed by atoms with van der Waals surface area (Å²) in [5.74, 6) is -0.385. The number of hydrogen-bond acceptors (Lipinski definition) is 3. The van der Waals surface area contributed by atoms with E-state index < -0.39 is 0 Å². The number of carbonyl (C=O) groups is 1. The van der Waals surface area contributed by atoms with E-state index in [2.05, 4.69) is 11.9 Å². The number of ether oxygens (including phenoxy) is 1. The van der Waals surface area contributed by atoms with Crippen molar-refractivity contribution in [1.82, 2.24) is 5.32 Å². The summed E-state index contributed by atoms with van der Waals surface area (Å²) in [6, 6.07) is 1.69. The number of carbonyl (C=O) groups excluding carboxylic acids is 1. The molecule has 78 valence electrons. The van der Waals surface area contributed by atoms with Crippen LogP contribution in [0.15, 0.2) is 12.2 Å². The summed E-state index contributed by atoms with van der Waals surface area (Å²) in [5.41, 5.74) is -0.0465. The molecule has 1 N–H and O–H groups in total. The first kappa shape index (κ1) is 12.7. The molecule has 4 nitrogen and oxygen atoms in total. The summed E-state index contributed by atoms with van der Waals surface area (Å²) in [4.78, 5) is 11.0. The second kappa shape index (κ2) is 8.27. The van der Waals surface area contributed by atoms with Gasteiger partial charge in [-0.3, -0.25) is 4.79 Å². The highest BCUT2D eigenvalue weighted by Crippen LogP contribution is 1.90. The molecule has 1 amide bonds. The summed E-state index contributed by atoms with van der Waals surface area (Å²) >= 11 is 0. The van der Waals surface area contributed by atoms with Crippen LogP contribution < -0.4 is 5.32 Å². The van der Waals surface area contributed by atoms with Crippen LogP contribution in [-0.4, -0.2) is 25.7 Å². The van der Waals surface area contributed by atoms with Crippen molar-refractivity contribution in [3.8, 4) is 6.07 Å². The van der Waals surface area contributed by atoms with Crippen LogP contribution >= 0.6 is 0 Å². The number of rotatable bonds is 7. The Kier molecular flexibility index (Phi) is 7.48. The van der Waals surface area contributed by atoms with E-state index in [-0.39, 0.29) is 11.5 Å². The summed E-state index contributed by atoms with van der Waals surface area (Å²) in [6.45, 7) is 7.24. The molecule has 0 spiro atoms. The summed E-state index contributed by atoms with van der Waals surface area (Å²) in [7, 11) is 0. The van der Waals surface area contributed by atoms with Crippen molar-refractivity contribution in [3.63, 3.8) is 0 Å². The lowest BCUT2D eigenvalue weighted by Gasteiger charge is -2.03. The van der Waals surface area contributed by atoms with Crippen LogP contribution in [0.25, 0.3) is 0 Å². The molecule has 0 aliphatic carbocycles. The molecule has 0 aromatic rings. The number of nitrogens with zero attached hydrogens (tertiary/aromatic N) is 1. The zero-order valence-electron chi connectivity index (χ0n) is 8.51. The van der Waals surface area contributed by atoms with E-state index in [1.807, 2.05) is 6.92 Å². The molecule has 0 aliphatic heterocycles. The Morgan fingerprint density at radius 1 is 1.57 bits per heavy atom. The van der Waals surface area contributed by atoms with Crippen LogP contribution in [0.1, 0.15) is 19.8 Å². The Morgan fingerprint density at radius 2 is 2.29 bits per heavy atom. The molecule has 0 atom stereocenters. The average molecular weight is 196 g/mol. The largest absolute Gasteiger partial charge is 0.382 e. The summed E-state index contributed by atoms with van der Waals surface area (Å²) < 4.78 is 5.13. The van der Waals surface area contributed by atoms with E-state index in [1.165, 1.54) is 0 Å². The Morgan fingerprint density at radius 3 is 2.86 bits per heavy atom. The fourth-order valence-electron chi connectivity index (χ4n) is 0.833. The number of unbranched alkanes of at least 4 members (excludes halogenated alkanes) is 1. The van der Waals surface area contributed by atoms with E-state index in [9.17, 15) is 4.79 Å². The van der Waals surface area contributed by atoms with E-state index in [4.69, 9.17) is 10.00 Å². The van der Waals surface area contributed by atoms with Crippen LogP contribution in [0.2, 0.25) is 0 Å². The average Bonchev–Trinajstić information content (AvgIpc) is 2.21. The smallest absolute Gasteiger partial charge is 0.261 e. The van der Waals surface area contributed by atoms with E-state index in [0.29, 0.717) is 13.2 Å². The standard InChI is InChI=1S/C10H16N2O2/c1-3-14-7-5-4-6-12-10(13)9(2)8-11/h2-7H2,1H3,(H,12,13). The number of nitrogens with one attached hydrogen (secondary N) is 1. The molecule has 0 rings (SSSR count). The summed E-state index contributed by atoms with van der Waals surface area (Å²) in [6.07, 6.45) is 1.76. The van der Waals surface area contributed by atoms with Crippen molar-refractivity contribution in [2.45, 2.75) is 19.8 Å². The molecular weight excluding hydrogens is 180 g/mol. The number of amides is 1. The summed E-state index contributed by atoms with van der Waals surface area (Å²) in [5, 5.41) is 10.9. The Labute approximate surface area is 84.6 Å². The molecule has 0 saturated carbocycles. The van der Waals surface area contributed by atoms with Gasteiger partial charge in [0.2, 0.25) is 0 Å². The predicted molar refractivity (Wildman–Crippen MR) is 53.5 cm³/mol. The number of nitriles is 1. The second-order valence-corrected chi connectivity index (χ2v) is 2.75. The molecule has 0 heterocycles. The monoisotopic (exact) mass is 196 g/mol. The zero-order chi connectivity index (χ0) is 10.8. The highest BCUT2D eigenvalue weighted by molar-refractivity contribution is 5.96. The van der Waals surface area contributed by atoms with Gasteiger partial charge in [0.25, 0.3) is 5.91 Å². The molecule has 4 heteroatoms. The Hall–Kier alpha value is -1.34. The van der Waals surface area contributed by atoms with Gasteiger partial charge in [0.05, 0.1) is 0 Å². The van der Waals surface area contributed by atoms with Gasteiger partial charge in [0.1, 0.15) is 11.6 Å². The second-order valence-electron chi connectivity index (χ2n) is 2.75. The predicted octanol–water partition coefficient (Wildman–Crippen LogP) is 0.999. The lowest BCUT2D eigenvalue weighted by Crippen LogP contribution is -2.25. The molecule has 0 aromatic carbocycles. The van der Waals surface area contributed by atoms with Gasteiger partial charge < -0.3 is 10.1 Å². The Bertz CT molecular complexity index is 231. The minimum absolute atomic E-state index is 0.0465. The van der Waals surface area contributed by atoms with Crippen molar-refractivity contribution in [2.75, 3.05) is 19.8 Å². The minimum Gasteiger partial charge on any atom is -0.382 e. The van der Waals surface area contributed by atoms with Gasteiger partial charge in [-0.15, -0.1) is 0 Å². The maximum atomic E-state index is 11.0. The van der Waals surface area contributed by atoms with Crippen molar-refractivity contribution >= 4 is 5.91 Å². The molecule has 0 unspecified atom stereocenters. The van der Waals surface area contributed by atoms with Gasteiger partial charge in [-0.1, -0.05) is 6.58 Å². The van der Waals surface area contributed by atoms with Crippen LogP contribution in [0.3, 0.4) is 0 Å². The fraction of sp³-hybridized carbons (Fsp3) is 0.600. The first-order valence-corrected chi connectivity index (χ1v) is 4.67. The molecular formula is C10H16N2O2. The third-order valence-electron chi connectivity index (χ3n) is 1.61. The topological polar surface area (TPSA) is 62.1 Å². The van der Waals surface area contributed by atoms with Crippen molar-refractivity contribution < 1.29 is 9.53 Å². The SMILES string of the molecule is C=C(C#N)C(=O)NCCCCOCC. The first-order chi connectivity index (χ1) is 6.72. The number of hydrogen-bond donors (Lipinski definition) is 1. The zero-order valence-corrected chi connectivity index (χ0v) is 8.51. The maximum absolute atomic E-state index is 11.0. The van der Waals surface area contributed by atoms with Gasteiger partial charge in [-0.05, 0) is 19.8 Å². The van der Waals surface area contributed by atoms with Gasteiger partial charge in [0, 0.05) is 19.8 Å². The van der Waals surface area contributed by atoms with Gasteiger partial charge in [-0.2, -0.15) is 5.26 Å². The fourth-order valence-corrected chi connectivity index (χ4v) is 0.833. The van der Waals surface area contributed by atoms with E-state index in [0.717, 1.165) is 19.4 Å². The molecule has 0 bridgehead atoms. The van der Waals surface area contributed by atoms with Crippen LogP contribution in [0.4, 0.5) is 0 Å². The molecule has 0 radical (unpaired) electrons. The lowest BCUT2D eigenvalue weighted by molar-refractivity contribution is -0.117. The molecule has 0 aliphatic rings. The van der Waals surface area contributed by atoms with Gasteiger partial charge in [-0.25, -0.2) is 0 Å². The van der Waals surface area contributed by atoms with Gasteiger partial charge >= 0.3 is 0 Å². The third-order valence-corrected chi connectivity index (χ3v) is 1.61. The molecule has 0 aromatic heterocycles. The quantitative estimate of drug-likeness (QED) is 0.375. The van der Waals surface area contributed by atoms with Crippen molar-refractivity contribution in [2.24, 2.45) is 0 Å². The maximum Gasteiger partial charge on any atom is 0.261 e. The third kappa shape index (κ3) is 6.21. The lowest BCUT2D eigenvalue weighted by atomic mass is 10.3. The Balaban J connectivity index is 3.33. The van der Waals surface area contributed by atoms with Crippen molar-refractivity contribution in [3.05, 3.63) is 12.2 Å². The molecule has 14 heavy (non-hydrogen) atoms. The van der Waals surface area contributed by atoms with Gasteiger partial charge in [0.15, 0.2) is 0 Å². The van der Waals surface area contributed by atoms with Crippen molar-refractivity contribution in [1.29, 1.82) is 5.26 Å². The van der Waals surface area contributed by atoms with Crippen LogP contribution in [0, 0.1) is 11.3 Å². The highest BCUT2D eigenvalue weighted by Gasteiger charge is 2.03. The van der Waals surface area contributed by atoms with Crippen LogP contribution in [-0.2, 0) is 9.53 Å².